The summed E-state index contributed by atoms with van der Waals surface area (Å²) in [5.41, 5.74) is 0.610. The highest BCUT2D eigenvalue weighted by Gasteiger charge is 2.65. The Morgan fingerprint density at radius 1 is 1.29 bits per heavy atom. The lowest BCUT2D eigenvalue weighted by Crippen LogP contribution is -2.69. The van der Waals surface area contributed by atoms with E-state index in [1.807, 2.05) is 0 Å². The number of piperazine rings is 1. The zero-order chi connectivity index (χ0) is 20.4. The smallest absolute Gasteiger partial charge is 0.260 e. The van der Waals surface area contributed by atoms with Gasteiger partial charge < -0.3 is 24.0 Å². The fourth-order valence-corrected chi connectivity index (χ4v) is 4.83. The molecule has 4 unspecified atom stereocenters. The standard InChI is InChI=1S/C18H19N3O5S2/c1-17(27)15(22)21-13(10(7-19)6-18(21,28)16(23)20(17)2)9-4-11(24-3)14-12(5-9)25-8-26-14/h4-5,10,13,27-28H,6,8H2,1-3H3. The first-order chi connectivity index (χ1) is 13.2. The van der Waals surface area contributed by atoms with E-state index in [9.17, 15) is 14.9 Å². The van der Waals surface area contributed by atoms with Crippen LogP contribution in [0.15, 0.2) is 12.1 Å². The third-order valence-electron chi connectivity index (χ3n) is 5.67. The molecule has 8 nitrogen and oxygen atoms in total. The first-order valence-corrected chi connectivity index (χ1v) is 9.50. The lowest BCUT2D eigenvalue weighted by molar-refractivity contribution is -0.163. The van der Waals surface area contributed by atoms with E-state index >= 15 is 0 Å². The summed E-state index contributed by atoms with van der Waals surface area (Å²) in [7, 11) is 3.01. The van der Waals surface area contributed by atoms with Crippen molar-refractivity contribution in [3.63, 3.8) is 0 Å². The van der Waals surface area contributed by atoms with Gasteiger partial charge in [-0.1, -0.05) is 0 Å². The van der Waals surface area contributed by atoms with Crippen molar-refractivity contribution >= 4 is 37.1 Å². The molecule has 1 aromatic rings. The molecule has 0 bridgehead atoms. The molecule has 28 heavy (non-hydrogen) atoms. The maximum Gasteiger partial charge on any atom is 0.260 e. The van der Waals surface area contributed by atoms with Gasteiger partial charge in [-0.15, -0.1) is 25.3 Å². The number of hydrogen-bond donors (Lipinski definition) is 2. The fourth-order valence-electron chi connectivity index (χ4n) is 4.07. The van der Waals surface area contributed by atoms with Gasteiger partial charge in [0.15, 0.2) is 21.2 Å². The number of carbonyl (C=O) groups excluding carboxylic acids is 2. The monoisotopic (exact) mass is 421 g/mol. The number of nitriles is 1. The summed E-state index contributed by atoms with van der Waals surface area (Å²) in [6, 6.07) is 4.94. The van der Waals surface area contributed by atoms with Crippen LogP contribution in [0.2, 0.25) is 0 Å². The Kier molecular flexibility index (Phi) is 4.17. The van der Waals surface area contributed by atoms with Crippen LogP contribution < -0.4 is 14.2 Å². The van der Waals surface area contributed by atoms with Gasteiger partial charge in [0.25, 0.3) is 11.8 Å². The number of methoxy groups -OCH3 is 1. The zero-order valence-corrected chi connectivity index (χ0v) is 17.3. The average molecular weight is 422 g/mol. The molecular formula is C18H19N3O5S2. The van der Waals surface area contributed by atoms with Crippen LogP contribution in [0, 0.1) is 17.2 Å². The van der Waals surface area contributed by atoms with Crippen molar-refractivity contribution in [2.45, 2.75) is 29.1 Å². The summed E-state index contributed by atoms with van der Waals surface area (Å²) in [6.07, 6.45) is 0.104. The zero-order valence-electron chi connectivity index (χ0n) is 15.5. The molecule has 4 atom stereocenters. The van der Waals surface area contributed by atoms with E-state index in [4.69, 9.17) is 14.2 Å². The van der Waals surface area contributed by atoms with Crippen LogP contribution in [0.4, 0.5) is 0 Å². The first-order valence-electron chi connectivity index (χ1n) is 8.60. The number of hydrogen-bond acceptors (Lipinski definition) is 8. The topological polar surface area (TPSA) is 92.1 Å². The van der Waals surface area contributed by atoms with E-state index in [0.717, 1.165) is 0 Å². The second kappa shape index (κ2) is 6.12. The van der Waals surface area contributed by atoms with Gasteiger partial charge in [0, 0.05) is 13.5 Å². The number of thiol groups is 2. The average Bonchev–Trinajstić information content (AvgIpc) is 3.26. The van der Waals surface area contributed by atoms with Gasteiger partial charge in [-0.25, -0.2) is 0 Å². The van der Waals surface area contributed by atoms with Crippen LogP contribution >= 0.6 is 25.3 Å². The lowest BCUT2D eigenvalue weighted by Gasteiger charge is -2.50. The van der Waals surface area contributed by atoms with Gasteiger partial charge in [0.05, 0.1) is 25.1 Å². The normalized spacial score (nSPS) is 33.7. The van der Waals surface area contributed by atoms with Crippen molar-refractivity contribution in [3.8, 4) is 23.3 Å². The minimum Gasteiger partial charge on any atom is -0.493 e. The van der Waals surface area contributed by atoms with E-state index in [0.29, 0.717) is 22.8 Å². The number of carbonyl (C=O) groups is 2. The van der Waals surface area contributed by atoms with E-state index in [1.54, 1.807) is 19.1 Å². The van der Waals surface area contributed by atoms with Gasteiger partial charge in [-0.2, -0.15) is 5.26 Å². The molecule has 0 radical (unpaired) electrons. The molecule has 3 heterocycles. The number of fused-ring (bicyclic) bond motifs is 2. The van der Waals surface area contributed by atoms with Crippen LogP contribution in [-0.4, -0.2) is 52.3 Å². The fraction of sp³-hybridized carbons (Fsp3) is 0.500. The highest BCUT2D eigenvalue weighted by Crippen LogP contribution is 2.55. The molecule has 148 valence electrons. The largest absolute Gasteiger partial charge is 0.493 e. The maximum absolute atomic E-state index is 13.3. The summed E-state index contributed by atoms with van der Waals surface area (Å²) in [4.78, 5) is 26.3. The van der Waals surface area contributed by atoms with Crippen molar-refractivity contribution < 1.29 is 23.8 Å². The van der Waals surface area contributed by atoms with E-state index < -0.39 is 27.6 Å². The predicted octanol–water partition coefficient (Wildman–Crippen LogP) is 1.58. The van der Waals surface area contributed by atoms with Gasteiger partial charge in [-0.05, 0) is 24.6 Å². The lowest BCUT2D eigenvalue weighted by atomic mass is 9.93. The Morgan fingerprint density at radius 2 is 2.00 bits per heavy atom. The SMILES string of the molecule is COc1cc(C2C(C#N)CC3(S)C(=O)N(C)C(C)(S)C(=O)N23)cc2c1OCO2. The first kappa shape index (κ1) is 19.1. The third-order valence-corrected chi connectivity index (χ3v) is 6.76. The summed E-state index contributed by atoms with van der Waals surface area (Å²) in [5.74, 6) is -0.0549. The summed E-state index contributed by atoms with van der Waals surface area (Å²) >= 11 is 9.02. The number of rotatable bonds is 2. The Bertz CT molecular complexity index is 931. The van der Waals surface area contributed by atoms with Gasteiger partial charge in [-0.3, -0.25) is 9.59 Å². The number of ether oxygens (including phenoxy) is 3. The Balaban J connectivity index is 1.89. The Morgan fingerprint density at radius 3 is 2.64 bits per heavy atom. The van der Waals surface area contributed by atoms with Crippen LogP contribution in [0.1, 0.15) is 24.9 Å². The Hall–Kier alpha value is -2.25. The van der Waals surface area contributed by atoms with Gasteiger partial charge in [0.1, 0.15) is 0 Å². The maximum atomic E-state index is 13.3. The molecule has 1 aromatic carbocycles. The molecule has 3 aliphatic heterocycles. The number of benzene rings is 1. The van der Waals surface area contributed by atoms with Crippen LogP contribution in [0.5, 0.6) is 17.2 Å². The summed E-state index contributed by atoms with van der Waals surface area (Å²) in [6.45, 7) is 1.61. The highest BCUT2D eigenvalue weighted by molar-refractivity contribution is 7.83. The van der Waals surface area contributed by atoms with Crippen molar-refractivity contribution in [1.29, 1.82) is 5.26 Å². The van der Waals surface area contributed by atoms with Crippen LogP contribution in [-0.2, 0) is 9.59 Å². The number of likely N-dealkylation sites (N-methyl/N-ethyl adjacent to an activating group) is 1. The molecule has 10 heteroatoms. The molecular weight excluding hydrogens is 402 g/mol. The van der Waals surface area contributed by atoms with Crippen molar-refractivity contribution in [3.05, 3.63) is 17.7 Å². The van der Waals surface area contributed by atoms with Crippen molar-refractivity contribution in [2.75, 3.05) is 21.0 Å². The highest BCUT2D eigenvalue weighted by atomic mass is 32.1. The van der Waals surface area contributed by atoms with Gasteiger partial charge >= 0.3 is 0 Å². The second-order valence-corrected chi connectivity index (χ2v) is 8.83. The number of amides is 2. The summed E-state index contributed by atoms with van der Waals surface area (Å²) < 4.78 is 16.3. The van der Waals surface area contributed by atoms with Crippen molar-refractivity contribution in [1.82, 2.24) is 9.80 Å². The predicted molar refractivity (Wildman–Crippen MR) is 104 cm³/mol. The molecule has 0 aromatic heterocycles. The molecule has 4 rings (SSSR count). The summed E-state index contributed by atoms with van der Waals surface area (Å²) in [5, 5.41) is 9.79. The third kappa shape index (κ3) is 2.32. The molecule has 0 N–H and O–H groups in total. The molecule has 0 saturated carbocycles. The minimum atomic E-state index is -1.43. The Labute approximate surface area is 173 Å². The van der Waals surface area contributed by atoms with Gasteiger partial charge in [0.2, 0.25) is 12.5 Å². The molecule has 3 aliphatic rings. The van der Waals surface area contributed by atoms with E-state index in [2.05, 4.69) is 31.3 Å². The quantitative estimate of drug-likeness (QED) is 0.705. The van der Waals surface area contributed by atoms with E-state index in [-0.39, 0.29) is 19.1 Å². The number of nitrogens with zero attached hydrogens (tertiary/aromatic N) is 3. The molecule has 0 spiro atoms. The van der Waals surface area contributed by atoms with Crippen LogP contribution in [0.3, 0.4) is 0 Å². The molecule has 0 aliphatic carbocycles. The van der Waals surface area contributed by atoms with Crippen LogP contribution in [0.25, 0.3) is 0 Å². The molecule has 2 fully saturated rings. The second-order valence-electron chi connectivity index (χ2n) is 7.22. The molecule has 2 amide bonds. The van der Waals surface area contributed by atoms with Crippen molar-refractivity contribution in [2.24, 2.45) is 5.92 Å². The molecule has 2 saturated heterocycles. The minimum absolute atomic E-state index is 0.0542. The van der Waals surface area contributed by atoms with E-state index in [1.165, 1.54) is 24.0 Å².